The standard InChI is InChI=1S/C27H28N2O2S/c1-6-31-26(30)18(2)32-25-23(17-28)22(16-24(29-25)20-10-8-7-9-11-20)19-12-14-21(15-13-19)27(3,4)5/h7-16,18H,6H2,1-5H3/t18-/m1/s1. The number of carbonyl (C=O) groups excluding carboxylic acids is 1. The third kappa shape index (κ3) is 5.38. The van der Waals surface area contributed by atoms with E-state index in [1.807, 2.05) is 36.4 Å². The van der Waals surface area contributed by atoms with Crippen LogP contribution in [0.3, 0.4) is 0 Å². The van der Waals surface area contributed by atoms with Gasteiger partial charge in [0, 0.05) is 11.1 Å². The van der Waals surface area contributed by atoms with Gasteiger partial charge in [0.2, 0.25) is 0 Å². The summed E-state index contributed by atoms with van der Waals surface area (Å²) in [5.74, 6) is -0.315. The number of thioether (sulfide) groups is 1. The first-order valence-corrected chi connectivity index (χ1v) is 11.6. The van der Waals surface area contributed by atoms with E-state index in [1.54, 1.807) is 13.8 Å². The van der Waals surface area contributed by atoms with Gasteiger partial charge in [0.15, 0.2) is 0 Å². The van der Waals surface area contributed by atoms with E-state index in [-0.39, 0.29) is 11.4 Å². The van der Waals surface area contributed by atoms with Gasteiger partial charge in [-0.25, -0.2) is 4.98 Å². The number of pyridine rings is 1. The Balaban J connectivity index is 2.15. The molecule has 0 radical (unpaired) electrons. The quantitative estimate of drug-likeness (QED) is 0.315. The maximum Gasteiger partial charge on any atom is 0.319 e. The van der Waals surface area contributed by atoms with Crippen molar-refractivity contribution >= 4 is 17.7 Å². The van der Waals surface area contributed by atoms with Gasteiger partial charge in [-0.3, -0.25) is 4.79 Å². The Morgan fingerprint density at radius 3 is 2.31 bits per heavy atom. The summed E-state index contributed by atoms with van der Waals surface area (Å²) in [5, 5.41) is 10.1. The SMILES string of the molecule is CCOC(=O)[C@@H](C)Sc1nc(-c2ccccc2)cc(-c2ccc(C(C)(C)C)cc2)c1C#N. The average molecular weight is 445 g/mol. The van der Waals surface area contributed by atoms with Crippen LogP contribution in [0.5, 0.6) is 0 Å². The first-order chi connectivity index (χ1) is 15.2. The molecule has 0 fully saturated rings. The van der Waals surface area contributed by atoms with Crippen molar-refractivity contribution in [3.8, 4) is 28.5 Å². The van der Waals surface area contributed by atoms with Crippen LogP contribution in [0.1, 0.15) is 45.7 Å². The molecule has 0 saturated carbocycles. The summed E-state index contributed by atoms with van der Waals surface area (Å²) in [6.07, 6.45) is 0. The summed E-state index contributed by atoms with van der Waals surface area (Å²) in [6.45, 7) is 10.4. The average Bonchev–Trinajstić information content (AvgIpc) is 2.78. The van der Waals surface area contributed by atoms with Crippen molar-refractivity contribution in [1.82, 2.24) is 4.98 Å². The first-order valence-electron chi connectivity index (χ1n) is 10.7. The molecule has 0 amide bonds. The predicted octanol–water partition coefficient (Wildman–Crippen LogP) is 6.63. The van der Waals surface area contributed by atoms with Gasteiger partial charge in [-0.05, 0) is 36.5 Å². The normalized spacial score (nSPS) is 12.1. The van der Waals surface area contributed by atoms with E-state index in [9.17, 15) is 10.1 Å². The number of benzene rings is 2. The molecule has 0 aliphatic heterocycles. The molecule has 1 atom stereocenters. The molecule has 3 aromatic rings. The van der Waals surface area contributed by atoms with Crippen LogP contribution in [0.4, 0.5) is 0 Å². The Bertz CT molecular complexity index is 1130. The van der Waals surface area contributed by atoms with E-state index in [2.05, 4.69) is 51.1 Å². The van der Waals surface area contributed by atoms with E-state index < -0.39 is 5.25 Å². The minimum atomic E-state index is -0.475. The van der Waals surface area contributed by atoms with Crippen LogP contribution in [-0.2, 0) is 14.9 Å². The van der Waals surface area contributed by atoms with Gasteiger partial charge in [0.05, 0.1) is 17.9 Å². The summed E-state index contributed by atoms with van der Waals surface area (Å²) in [5.41, 5.74) is 5.20. The second-order valence-electron chi connectivity index (χ2n) is 8.55. The molecule has 4 nitrogen and oxygen atoms in total. The summed E-state index contributed by atoms with van der Waals surface area (Å²) in [6, 6.07) is 22.4. The molecular weight excluding hydrogens is 416 g/mol. The van der Waals surface area contributed by atoms with Gasteiger partial charge in [0.25, 0.3) is 0 Å². The summed E-state index contributed by atoms with van der Waals surface area (Å²) < 4.78 is 5.15. The molecule has 32 heavy (non-hydrogen) atoms. The number of aromatic nitrogens is 1. The number of nitrogens with zero attached hydrogens (tertiary/aromatic N) is 2. The molecule has 164 valence electrons. The molecule has 2 aromatic carbocycles. The number of carbonyl (C=O) groups is 1. The first kappa shape index (κ1) is 23.6. The fraction of sp³-hybridized carbons (Fsp3) is 0.296. The molecule has 0 aliphatic carbocycles. The molecular formula is C27H28N2O2S. The molecule has 1 aromatic heterocycles. The van der Waals surface area contributed by atoms with Crippen molar-refractivity contribution in [3.05, 3.63) is 71.8 Å². The van der Waals surface area contributed by atoms with E-state index >= 15 is 0 Å². The summed E-state index contributed by atoms with van der Waals surface area (Å²) >= 11 is 1.26. The smallest absolute Gasteiger partial charge is 0.319 e. The zero-order chi connectivity index (χ0) is 23.3. The highest BCUT2D eigenvalue weighted by Crippen LogP contribution is 2.36. The number of nitriles is 1. The van der Waals surface area contributed by atoms with Crippen LogP contribution in [0.2, 0.25) is 0 Å². The summed E-state index contributed by atoms with van der Waals surface area (Å²) in [4.78, 5) is 17.0. The van der Waals surface area contributed by atoms with Crippen LogP contribution < -0.4 is 0 Å². The molecule has 3 rings (SSSR count). The topological polar surface area (TPSA) is 63.0 Å². The van der Waals surface area contributed by atoms with Crippen molar-refractivity contribution in [2.75, 3.05) is 6.61 Å². The molecule has 0 unspecified atom stereocenters. The Morgan fingerprint density at radius 2 is 1.75 bits per heavy atom. The van der Waals surface area contributed by atoms with Crippen molar-refractivity contribution in [3.63, 3.8) is 0 Å². The molecule has 0 N–H and O–H groups in total. The monoisotopic (exact) mass is 444 g/mol. The Hall–Kier alpha value is -3.10. The zero-order valence-electron chi connectivity index (χ0n) is 19.2. The lowest BCUT2D eigenvalue weighted by molar-refractivity contribution is -0.142. The van der Waals surface area contributed by atoms with Crippen LogP contribution >= 0.6 is 11.8 Å². The van der Waals surface area contributed by atoms with E-state index in [4.69, 9.17) is 9.72 Å². The molecule has 0 bridgehead atoms. The number of hydrogen-bond acceptors (Lipinski definition) is 5. The van der Waals surface area contributed by atoms with Crippen LogP contribution in [0.15, 0.2) is 65.7 Å². The third-order valence-corrected chi connectivity index (χ3v) is 6.20. The van der Waals surface area contributed by atoms with Crippen molar-refractivity contribution < 1.29 is 9.53 Å². The lowest BCUT2D eigenvalue weighted by Gasteiger charge is -2.20. The lowest BCUT2D eigenvalue weighted by Crippen LogP contribution is -2.17. The van der Waals surface area contributed by atoms with E-state index in [0.29, 0.717) is 17.2 Å². The van der Waals surface area contributed by atoms with E-state index in [0.717, 1.165) is 22.4 Å². The maximum absolute atomic E-state index is 12.2. The zero-order valence-corrected chi connectivity index (χ0v) is 20.0. The van der Waals surface area contributed by atoms with Crippen LogP contribution in [0.25, 0.3) is 22.4 Å². The van der Waals surface area contributed by atoms with Gasteiger partial charge in [-0.2, -0.15) is 5.26 Å². The Kier molecular flexibility index (Phi) is 7.37. The van der Waals surface area contributed by atoms with Crippen LogP contribution in [-0.4, -0.2) is 22.8 Å². The van der Waals surface area contributed by atoms with Crippen molar-refractivity contribution in [2.24, 2.45) is 0 Å². The second kappa shape index (κ2) is 10.0. The molecule has 0 saturated heterocycles. The Labute approximate surface area is 194 Å². The summed E-state index contributed by atoms with van der Waals surface area (Å²) in [7, 11) is 0. The van der Waals surface area contributed by atoms with Gasteiger partial charge < -0.3 is 4.74 Å². The van der Waals surface area contributed by atoms with Gasteiger partial charge in [-0.15, -0.1) is 0 Å². The fourth-order valence-corrected chi connectivity index (χ4v) is 4.25. The van der Waals surface area contributed by atoms with Crippen molar-refractivity contribution in [2.45, 2.75) is 50.3 Å². The number of rotatable bonds is 6. The van der Waals surface area contributed by atoms with Gasteiger partial charge in [-0.1, -0.05) is 87.1 Å². The Morgan fingerprint density at radius 1 is 1.09 bits per heavy atom. The highest BCUT2D eigenvalue weighted by atomic mass is 32.2. The minimum absolute atomic E-state index is 0.0418. The largest absolute Gasteiger partial charge is 0.465 e. The van der Waals surface area contributed by atoms with Gasteiger partial charge >= 0.3 is 5.97 Å². The molecule has 0 aliphatic rings. The predicted molar refractivity (Wildman–Crippen MR) is 130 cm³/mol. The van der Waals surface area contributed by atoms with Gasteiger partial charge in [0.1, 0.15) is 16.3 Å². The molecule has 0 spiro atoms. The lowest BCUT2D eigenvalue weighted by atomic mass is 9.86. The van der Waals surface area contributed by atoms with Crippen molar-refractivity contribution in [1.29, 1.82) is 5.26 Å². The fourth-order valence-electron chi connectivity index (χ4n) is 3.32. The third-order valence-electron chi connectivity index (χ3n) is 5.14. The minimum Gasteiger partial charge on any atom is -0.465 e. The number of hydrogen-bond donors (Lipinski definition) is 0. The highest BCUT2D eigenvalue weighted by Gasteiger charge is 2.22. The second-order valence-corrected chi connectivity index (χ2v) is 9.88. The van der Waals surface area contributed by atoms with E-state index in [1.165, 1.54) is 17.3 Å². The maximum atomic E-state index is 12.2. The molecule has 1 heterocycles. The molecule has 5 heteroatoms. The van der Waals surface area contributed by atoms with Crippen LogP contribution in [0, 0.1) is 11.3 Å². The number of esters is 1. The highest BCUT2D eigenvalue weighted by molar-refractivity contribution is 8.00. The number of ether oxygens (including phenoxy) is 1.